The third kappa shape index (κ3) is 2.49. The fraction of sp³-hybridized carbons (Fsp3) is 0.455. The van der Waals surface area contributed by atoms with E-state index < -0.39 is 14.3 Å². The van der Waals surface area contributed by atoms with Crippen LogP contribution in [-0.4, -0.2) is 31.1 Å². The molecule has 1 amide bonds. The molecule has 98 valence electrons. The first-order valence-corrected chi connectivity index (χ1v) is 7.83. The molecule has 0 bridgehead atoms. The van der Waals surface area contributed by atoms with Crippen molar-refractivity contribution in [3.05, 3.63) is 23.4 Å². The third-order valence-corrected chi connectivity index (χ3v) is 4.80. The molecule has 1 saturated heterocycles. The summed E-state index contributed by atoms with van der Waals surface area (Å²) in [6, 6.07) is 1.90. The molecule has 5 nitrogen and oxygen atoms in total. The summed E-state index contributed by atoms with van der Waals surface area (Å²) in [5, 5.41) is -0.853. The van der Waals surface area contributed by atoms with Crippen LogP contribution in [-0.2, 0) is 13.8 Å². The zero-order valence-electron chi connectivity index (χ0n) is 10.1. The molecule has 0 aromatic carbocycles. The van der Waals surface area contributed by atoms with E-state index in [0.29, 0.717) is 5.82 Å². The largest absolute Gasteiger partial charge is 0.295 e. The Morgan fingerprint density at radius 3 is 2.61 bits per heavy atom. The summed E-state index contributed by atoms with van der Waals surface area (Å²) in [4.78, 5) is 17.4. The van der Waals surface area contributed by atoms with Crippen molar-refractivity contribution in [3.8, 4) is 0 Å². The molecule has 0 spiro atoms. The van der Waals surface area contributed by atoms with Crippen LogP contribution in [0.4, 0.5) is 5.82 Å². The van der Waals surface area contributed by atoms with Crippen molar-refractivity contribution in [3.63, 3.8) is 0 Å². The summed E-state index contributed by atoms with van der Waals surface area (Å²) in [5.41, 5.74) is 1.83. The van der Waals surface area contributed by atoms with Gasteiger partial charge in [-0.3, -0.25) is 9.69 Å². The lowest BCUT2D eigenvalue weighted by atomic mass is 10.2. The number of pyridine rings is 1. The van der Waals surface area contributed by atoms with Crippen LogP contribution in [0.3, 0.4) is 0 Å². The van der Waals surface area contributed by atoms with Crippen LogP contribution >= 0.6 is 10.7 Å². The number of rotatable bonds is 2. The van der Waals surface area contributed by atoms with Crippen molar-refractivity contribution < 1.29 is 13.2 Å². The van der Waals surface area contributed by atoms with Gasteiger partial charge < -0.3 is 0 Å². The Balaban J connectivity index is 2.33. The van der Waals surface area contributed by atoms with Crippen molar-refractivity contribution in [2.45, 2.75) is 25.5 Å². The van der Waals surface area contributed by atoms with Gasteiger partial charge in [-0.25, -0.2) is 13.4 Å². The van der Waals surface area contributed by atoms with Crippen LogP contribution in [0.2, 0.25) is 0 Å². The minimum Gasteiger partial charge on any atom is -0.295 e. The van der Waals surface area contributed by atoms with E-state index in [0.717, 1.165) is 11.1 Å². The maximum absolute atomic E-state index is 11.8. The topological polar surface area (TPSA) is 67.3 Å². The first kappa shape index (κ1) is 13.3. The van der Waals surface area contributed by atoms with Gasteiger partial charge >= 0.3 is 0 Å². The van der Waals surface area contributed by atoms with Gasteiger partial charge in [-0.15, -0.1) is 0 Å². The molecule has 2 rings (SSSR count). The molecule has 0 saturated carbocycles. The van der Waals surface area contributed by atoms with Gasteiger partial charge in [0.15, 0.2) is 0 Å². The normalized spacial score (nSPS) is 20.5. The van der Waals surface area contributed by atoms with Gasteiger partial charge in [0.25, 0.3) is 0 Å². The third-order valence-electron chi connectivity index (χ3n) is 2.93. The molecule has 1 fully saturated rings. The summed E-state index contributed by atoms with van der Waals surface area (Å²) < 4.78 is 22.5. The number of hydrogen-bond acceptors (Lipinski definition) is 4. The number of aryl methyl sites for hydroxylation is 2. The van der Waals surface area contributed by atoms with Crippen LogP contribution in [0.5, 0.6) is 0 Å². The Hall–Kier alpha value is -1.14. The summed E-state index contributed by atoms with van der Waals surface area (Å²) in [6.07, 6.45) is 1.57. The highest BCUT2D eigenvalue weighted by Crippen LogP contribution is 2.27. The average Bonchev–Trinajstić information content (AvgIpc) is 2.60. The second-order valence-electron chi connectivity index (χ2n) is 4.46. The molecule has 0 N–H and O–H groups in total. The lowest BCUT2D eigenvalue weighted by Crippen LogP contribution is -2.28. The van der Waals surface area contributed by atoms with Crippen LogP contribution in [0.25, 0.3) is 0 Å². The molecule has 1 aromatic heterocycles. The average molecular weight is 289 g/mol. The predicted octanol–water partition coefficient (Wildman–Crippen LogP) is 1.37. The van der Waals surface area contributed by atoms with Crippen molar-refractivity contribution in [2.75, 3.05) is 11.4 Å². The van der Waals surface area contributed by atoms with Gasteiger partial charge in [0.05, 0.1) is 0 Å². The Kier molecular flexibility index (Phi) is 3.33. The molecule has 1 unspecified atom stereocenters. The standard InChI is InChI=1S/C11H13ClN2O3S/c1-7-3-8(2)11(13-5-7)14-6-9(4-10(14)15)18(12,16)17/h3,5,9H,4,6H2,1-2H3. The van der Waals surface area contributed by atoms with Crippen molar-refractivity contribution in [2.24, 2.45) is 0 Å². The molecule has 7 heteroatoms. The maximum Gasteiger partial charge on any atom is 0.237 e. The number of halogens is 1. The van der Waals surface area contributed by atoms with Gasteiger partial charge in [-0.1, -0.05) is 6.07 Å². The second-order valence-corrected chi connectivity index (χ2v) is 7.37. The molecule has 0 radical (unpaired) electrons. The first-order chi connectivity index (χ1) is 8.29. The Bertz CT molecular complexity index is 600. The highest BCUT2D eigenvalue weighted by molar-refractivity contribution is 8.14. The van der Waals surface area contributed by atoms with Gasteiger partial charge in [-0.2, -0.15) is 0 Å². The maximum atomic E-state index is 11.8. The smallest absolute Gasteiger partial charge is 0.237 e. The number of carbonyl (C=O) groups excluding carboxylic acids is 1. The molecular weight excluding hydrogens is 276 g/mol. The fourth-order valence-corrected chi connectivity index (χ4v) is 3.09. The van der Waals surface area contributed by atoms with Crippen molar-refractivity contribution >= 4 is 31.5 Å². The minimum absolute atomic E-state index is 0.0710. The van der Waals surface area contributed by atoms with Gasteiger partial charge in [0.1, 0.15) is 11.1 Å². The molecule has 1 aromatic rings. The number of aromatic nitrogens is 1. The molecule has 0 aliphatic carbocycles. The Morgan fingerprint density at radius 2 is 2.11 bits per heavy atom. The summed E-state index contributed by atoms with van der Waals surface area (Å²) >= 11 is 0. The molecule has 1 atom stereocenters. The summed E-state index contributed by atoms with van der Waals surface area (Å²) in [7, 11) is 1.58. The Labute approximate surface area is 110 Å². The summed E-state index contributed by atoms with van der Waals surface area (Å²) in [6.45, 7) is 3.81. The van der Waals surface area contributed by atoms with E-state index in [2.05, 4.69) is 4.98 Å². The molecule has 18 heavy (non-hydrogen) atoms. The molecule has 1 aliphatic heterocycles. The lowest BCUT2D eigenvalue weighted by molar-refractivity contribution is -0.117. The highest BCUT2D eigenvalue weighted by Gasteiger charge is 2.38. The van der Waals surface area contributed by atoms with Crippen molar-refractivity contribution in [1.82, 2.24) is 4.98 Å². The number of carbonyl (C=O) groups is 1. The number of nitrogens with zero attached hydrogens (tertiary/aromatic N) is 2. The van der Waals surface area contributed by atoms with Crippen LogP contribution in [0, 0.1) is 13.8 Å². The summed E-state index contributed by atoms with van der Waals surface area (Å²) in [5.74, 6) is 0.247. The monoisotopic (exact) mass is 288 g/mol. The van der Waals surface area contributed by atoms with E-state index in [1.54, 1.807) is 6.20 Å². The zero-order chi connectivity index (χ0) is 13.5. The van der Waals surface area contributed by atoms with Crippen molar-refractivity contribution in [1.29, 1.82) is 0 Å². The fourth-order valence-electron chi connectivity index (χ4n) is 2.06. The van der Waals surface area contributed by atoms with Crippen LogP contribution < -0.4 is 4.90 Å². The van der Waals surface area contributed by atoms with Gasteiger partial charge in [0.2, 0.25) is 15.0 Å². The number of anilines is 1. The van der Waals surface area contributed by atoms with E-state index in [1.165, 1.54) is 4.90 Å². The molecule has 2 heterocycles. The van der Waals surface area contributed by atoms with Crippen LogP contribution in [0.1, 0.15) is 17.5 Å². The number of hydrogen-bond donors (Lipinski definition) is 0. The van der Waals surface area contributed by atoms with E-state index in [1.807, 2.05) is 19.9 Å². The highest BCUT2D eigenvalue weighted by atomic mass is 35.7. The SMILES string of the molecule is Cc1cnc(N2CC(S(=O)(=O)Cl)CC2=O)c(C)c1. The van der Waals surface area contributed by atoms with E-state index in [-0.39, 0.29) is 18.9 Å². The predicted molar refractivity (Wildman–Crippen MR) is 69.2 cm³/mol. The number of amides is 1. The second kappa shape index (κ2) is 4.51. The quantitative estimate of drug-likeness (QED) is 0.771. The minimum atomic E-state index is -3.72. The van der Waals surface area contributed by atoms with Gasteiger partial charge in [-0.05, 0) is 25.0 Å². The van der Waals surface area contributed by atoms with E-state index in [4.69, 9.17) is 10.7 Å². The van der Waals surface area contributed by atoms with Gasteiger partial charge in [0, 0.05) is 29.8 Å². The molecule has 1 aliphatic rings. The first-order valence-electron chi connectivity index (χ1n) is 5.46. The van der Waals surface area contributed by atoms with Crippen LogP contribution in [0.15, 0.2) is 12.3 Å². The molecular formula is C11H13ClN2O3S. The lowest BCUT2D eigenvalue weighted by Gasteiger charge is -2.17. The van der Waals surface area contributed by atoms with E-state index >= 15 is 0 Å². The zero-order valence-corrected chi connectivity index (χ0v) is 11.6. The Morgan fingerprint density at radius 1 is 1.44 bits per heavy atom. The van der Waals surface area contributed by atoms with E-state index in [9.17, 15) is 13.2 Å².